The number of fused-ring (bicyclic) bond motifs is 7. The zero-order chi connectivity index (χ0) is 31.6. The van der Waals surface area contributed by atoms with Gasteiger partial charge in [0.05, 0.1) is 33.7 Å². The molecule has 0 saturated carbocycles. The summed E-state index contributed by atoms with van der Waals surface area (Å²) in [6.07, 6.45) is 0. The highest BCUT2D eigenvalue weighted by atomic mass is 35.6. The summed E-state index contributed by atoms with van der Waals surface area (Å²) >= 11 is 14.4. The summed E-state index contributed by atoms with van der Waals surface area (Å²) in [5.74, 6) is 1.67. The Morgan fingerprint density at radius 2 is 1.07 bits per heavy atom. The van der Waals surface area contributed by atoms with Gasteiger partial charge in [0.25, 0.3) is 0 Å². The van der Waals surface area contributed by atoms with Crippen molar-refractivity contribution in [3.8, 4) is 39.7 Å². The summed E-state index contributed by atoms with van der Waals surface area (Å²) in [7, 11) is 0. The van der Waals surface area contributed by atoms with Crippen LogP contribution in [0.15, 0.2) is 127 Å². The van der Waals surface area contributed by atoms with Crippen molar-refractivity contribution in [2.24, 2.45) is 0 Å². The summed E-state index contributed by atoms with van der Waals surface area (Å²) < 4.78 is 17.9. The fourth-order valence-corrected chi connectivity index (χ4v) is 7.05. The lowest BCUT2D eigenvalue weighted by Gasteiger charge is -2.45. The van der Waals surface area contributed by atoms with Crippen LogP contribution in [-0.4, -0.2) is 15.5 Å². The SMILES string of the molecule is Cc1ccc2c(c1)-c1cccc3[n+]1[B-](c1ccc(-n4c5ccccc5c5ccccc54)cc1)(O2)Oc1ccc(C)cc1-3.ClC(Cl)Cl. The van der Waals surface area contributed by atoms with Gasteiger partial charge in [-0.25, -0.2) is 0 Å². The lowest BCUT2D eigenvalue weighted by atomic mass is 9.59. The van der Waals surface area contributed by atoms with Crippen LogP contribution in [0.4, 0.5) is 0 Å². The van der Waals surface area contributed by atoms with Gasteiger partial charge in [-0.3, -0.25) is 0 Å². The highest BCUT2D eigenvalue weighted by Gasteiger charge is 2.56. The van der Waals surface area contributed by atoms with Crippen molar-refractivity contribution >= 4 is 68.8 Å². The van der Waals surface area contributed by atoms with E-state index in [-0.39, 0.29) is 0 Å². The predicted molar refractivity (Wildman–Crippen MR) is 191 cm³/mol. The van der Waals surface area contributed by atoms with E-state index in [1.807, 2.05) is 0 Å². The molecule has 226 valence electrons. The number of aromatic nitrogens is 2. The van der Waals surface area contributed by atoms with Gasteiger partial charge >= 0.3 is 6.69 Å². The second-order valence-electron chi connectivity index (χ2n) is 11.8. The molecule has 0 saturated heterocycles. The van der Waals surface area contributed by atoms with Crippen LogP contribution in [0.1, 0.15) is 11.1 Å². The van der Waals surface area contributed by atoms with Crippen molar-refractivity contribution in [2.75, 3.05) is 0 Å². The minimum absolute atomic E-state index is 0.750. The topological polar surface area (TPSA) is 27.3 Å². The number of alkyl halides is 3. The number of rotatable bonds is 2. The average Bonchev–Trinajstić information content (AvgIpc) is 3.40. The van der Waals surface area contributed by atoms with Gasteiger partial charge < -0.3 is 18.4 Å². The van der Waals surface area contributed by atoms with Crippen molar-refractivity contribution in [3.05, 3.63) is 139 Å². The van der Waals surface area contributed by atoms with Gasteiger partial charge in [0.15, 0.2) is 15.7 Å². The monoisotopic (exact) mass is 660 g/mol. The molecule has 0 N–H and O–H groups in total. The second-order valence-corrected chi connectivity index (χ2v) is 13.8. The van der Waals surface area contributed by atoms with Crippen molar-refractivity contribution in [1.29, 1.82) is 0 Å². The summed E-state index contributed by atoms with van der Waals surface area (Å²) in [6.45, 7) is 2.12. The van der Waals surface area contributed by atoms with Gasteiger partial charge in [0, 0.05) is 28.6 Å². The average molecular weight is 662 g/mol. The molecule has 9 rings (SSSR count). The molecular formula is C38H28BCl3N2O2. The first-order valence-corrected chi connectivity index (χ1v) is 16.5. The number of benzene rings is 5. The molecule has 2 aliphatic rings. The van der Waals surface area contributed by atoms with Gasteiger partial charge in [-0.2, -0.15) is 0 Å². The molecule has 5 aromatic carbocycles. The van der Waals surface area contributed by atoms with Crippen molar-refractivity contribution < 1.29 is 13.8 Å². The molecule has 0 fully saturated rings. The molecule has 0 atom stereocenters. The maximum atomic E-state index is 7.02. The molecule has 0 bridgehead atoms. The Morgan fingerprint density at radius 3 is 1.57 bits per heavy atom. The summed E-state index contributed by atoms with van der Waals surface area (Å²) in [6, 6.07) is 45.2. The minimum Gasteiger partial charge on any atom is -0.618 e. The van der Waals surface area contributed by atoms with Crippen molar-refractivity contribution in [1.82, 2.24) is 4.57 Å². The normalized spacial score (nSPS) is 13.6. The smallest absolute Gasteiger partial charge is 0.618 e. The van der Waals surface area contributed by atoms with Crippen LogP contribution in [0, 0.1) is 13.8 Å². The number of para-hydroxylation sites is 2. The standard InChI is InChI=1S/C37H27BN2O2.CHCl3/c1-24-14-20-36-30(22-24)34-12-7-13-35-31-23-25(2)15-21-37(31)42-38(41-36,40(34)35)26-16-18-27(19-17-26)39-32-10-5-3-8-28(32)29-9-4-6-11-33(29)39;2-1(3)4/h3-23H,1-2H3;1H. The molecular weight excluding hydrogens is 634 g/mol. The third kappa shape index (κ3) is 4.57. The van der Waals surface area contributed by atoms with E-state index in [1.165, 1.54) is 32.9 Å². The van der Waals surface area contributed by atoms with Gasteiger partial charge in [-0.05, 0) is 73.9 Å². The summed E-state index contributed by atoms with van der Waals surface area (Å²) in [5, 5.41) is 2.50. The van der Waals surface area contributed by atoms with Crippen LogP contribution in [0.5, 0.6) is 11.5 Å². The Hall–Kier alpha value is -4.42. The molecule has 7 aromatic rings. The number of nitrogens with zero attached hydrogens (tertiary/aromatic N) is 2. The highest BCUT2D eigenvalue weighted by Crippen LogP contribution is 2.42. The summed E-state index contributed by atoms with van der Waals surface area (Å²) in [5.41, 5.74) is 11.2. The van der Waals surface area contributed by atoms with Crippen molar-refractivity contribution in [3.63, 3.8) is 0 Å². The maximum Gasteiger partial charge on any atom is 0.685 e. The fourth-order valence-electron chi connectivity index (χ4n) is 7.05. The van der Waals surface area contributed by atoms with E-state index in [9.17, 15) is 0 Å². The van der Waals surface area contributed by atoms with Gasteiger partial charge in [-0.15, -0.1) is 0 Å². The van der Waals surface area contributed by atoms with Crippen molar-refractivity contribution in [2.45, 2.75) is 18.1 Å². The zero-order valence-corrected chi connectivity index (χ0v) is 27.4. The minimum atomic E-state index is -2.12. The number of aryl methyl sites for hydroxylation is 2. The second kappa shape index (κ2) is 11.1. The van der Waals surface area contributed by atoms with Gasteiger partial charge in [-0.1, -0.05) is 107 Å². The molecule has 0 radical (unpaired) electrons. The molecule has 46 heavy (non-hydrogen) atoms. The molecule has 0 spiro atoms. The molecule has 2 aromatic heterocycles. The maximum absolute atomic E-state index is 7.02. The Labute approximate surface area is 282 Å². The first-order chi connectivity index (χ1) is 22.3. The van der Waals surface area contributed by atoms with Gasteiger partial charge in [0.2, 0.25) is 0 Å². The lowest BCUT2D eigenvalue weighted by Crippen LogP contribution is -2.83. The van der Waals surface area contributed by atoms with Crippen LogP contribution in [0.2, 0.25) is 0 Å². The molecule has 4 heterocycles. The molecule has 0 unspecified atom stereocenters. The Bertz CT molecular complexity index is 2170. The number of hydrogen-bond acceptors (Lipinski definition) is 2. The van der Waals surface area contributed by atoms with Crippen LogP contribution in [-0.2, 0) is 0 Å². The molecule has 0 aliphatic carbocycles. The Kier molecular flexibility index (Phi) is 7.02. The fraction of sp³-hybridized carbons (Fsp3) is 0.0789. The van der Waals surface area contributed by atoms with Crippen LogP contribution >= 0.6 is 34.8 Å². The van der Waals surface area contributed by atoms with Crippen LogP contribution < -0.4 is 19.2 Å². The molecule has 0 amide bonds. The van der Waals surface area contributed by atoms with E-state index in [1.54, 1.807) is 0 Å². The van der Waals surface area contributed by atoms with E-state index in [2.05, 4.69) is 150 Å². The largest absolute Gasteiger partial charge is 0.685 e. The van der Waals surface area contributed by atoms with E-state index in [0.717, 1.165) is 45.2 Å². The molecule has 4 nitrogen and oxygen atoms in total. The van der Waals surface area contributed by atoms with Gasteiger partial charge in [0.1, 0.15) is 0 Å². The third-order valence-corrected chi connectivity index (χ3v) is 8.92. The van der Waals surface area contributed by atoms with E-state index < -0.39 is 11.0 Å². The number of hydrogen-bond donors (Lipinski definition) is 0. The molecule has 8 heteroatoms. The van der Waals surface area contributed by atoms with E-state index >= 15 is 0 Å². The summed E-state index contributed by atoms with van der Waals surface area (Å²) in [4.78, 5) is 0. The first-order valence-electron chi connectivity index (χ1n) is 15.1. The third-order valence-electron chi connectivity index (χ3n) is 8.92. The van der Waals surface area contributed by atoms with Crippen LogP contribution in [0.25, 0.3) is 50.0 Å². The highest BCUT2D eigenvalue weighted by molar-refractivity contribution is 6.75. The first kappa shape index (κ1) is 29.0. The van der Waals surface area contributed by atoms with E-state index in [0.29, 0.717) is 0 Å². The van der Waals surface area contributed by atoms with E-state index in [4.69, 9.17) is 44.1 Å². The Morgan fingerprint density at radius 1 is 0.587 bits per heavy atom. The number of pyridine rings is 1. The quantitative estimate of drug-likeness (QED) is 0.136. The lowest BCUT2D eigenvalue weighted by molar-refractivity contribution is -0.548. The Balaban J connectivity index is 0.000000740. The zero-order valence-electron chi connectivity index (χ0n) is 25.1. The number of halogens is 3. The molecule has 2 aliphatic heterocycles. The van der Waals surface area contributed by atoms with Crippen LogP contribution in [0.3, 0.4) is 0 Å². The predicted octanol–water partition coefficient (Wildman–Crippen LogP) is 9.49.